The summed E-state index contributed by atoms with van der Waals surface area (Å²) in [6.45, 7) is 0. The van der Waals surface area contributed by atoms with Gasteiger partial charge in [-0.3, -0.25) is 10.1 Å². The summed E-state index contributed by atoms with van der Waals surface area (Å²) in [6, 6.07) is 15.5. The van der Waals surface area contributed by atoms with E-state index in [2.05, 4.69) is 15.3 Å². The molecule has 0 bridgehead atoms. The van der Waals surface area contributed by atoms with Crippen molar-refractivity contribution in [1.29, 1.82) is 0 Å². The molecule has 0 radical (unpaired) electrons. The van der Waals surface area contributed by atoms with Gasteiger partial charge in [0.05, 0.1) is 14.2 Å². The van der Waals surface area contributed by atoms with Gasteiger partial charge in [-0.25, -0.2) is 9.97 Å². The molecular weight excluding hydrogens is 342 g/mol. The van der Waals surface area contributed by atoms with Crippen LogP contribution in [-0.2, 0) is 11.2 Å². The molecule has 0 spiro atoms. The van der Waals surface area contributed by atoms with Crippen molar-refractivity contribution in [2.24, 2.45) is 0 Å². The summed E-state index contributed by atoms with van der Waals surface area (Å²) in [5, 5.41) is 2.72. The predicted molar refractivity (Wildman–Crippen MR) is 104 cm³/mol. The third-order valence-electron chi connectivity index (χ3n) is 4.10. The molecule has 0 aliphatic rings. The van der Waals surface area contributed by atoms with Crippen LogP contribution in [0.4, 0.5) is 5.95 Å². The van der Waals surface area contributed by atoms with E-state index in [-0.39, 0.29) is 11.9 Å². The van der Waals surface area contributed by atoms with E-state index in [1.165, 1.54) is 0 Å². The fourth-order valence-electron chi connectivity index (χ4n) is 2.74. The molecule has 6 heteroatoms. The molecule has 27 heavy (non-hydrogen) atoms. The van der Waals surface area contributed by atoms with Gasteiger partial charge in [-0.1, -0.05) is 42.5 Å². The van der Waals surface area contributed by atoms with Crippen molar-refractivity contribution in [2.75, 3.05) is 19.5 Å². The molecule has 0 saturated carbocycles. The number of rotatable bonds is 7. The fourth-order valence-corrected chi connectivity index (χ4v) is 2.74. The normalized spacial score (nSPS) is 10.3. The number of hydrogen-bond acceptors (Lipinski definition) is 5. The summed E-state index contributed by atoms with van der Waals surface area (Å²) >= 11 is 0. The first-order valence-electron chi connectivity index (χ1n) is 8.58. The minimum Gasteiger partial charge on any atom is -0.493 e. The number of nitrogens with zero attached hydrogens (tertiary/aromatic N) is 2. The molecule has 0 aliphatic heterocycles. The van der Waals surface area contributed by atoms with Crippen molar-refractivity contribution in [1.82, 2.24) is 9.97 Å². The average molecular weight is 363 g/mol. The van der Waals surface area contributed by atoms with Crippen LogP contribution in [0, 0.1) is 0 Å². The predicted octanol–water partition coefficient (Wildman–Crippen LogP) is 3.73. The summed E-state index contributed by atoms with van der Waals surface area (Å²) < 4.78 is 10.8. The van der Waals surface area contributed by atoms with Crippen LogP contribution in [0.2, 0.25) is 0 Å². The Morgan fingerprint density at radius 3 is 2.37 bits per heavy atom. The Bertz CT molecular complexity index is 896. The van der Waals surface area contributed by atoms with E-state index in [9.17, 15) is 4.79 Å². The van der Waals surface area contributed by atoms with Gasteiger partial charge in [-0.2, -0.15) is 0 Å². The molecule has 1 N–H and O–H groups in total. The lowest BCUT2D eigenvalue weighted by Gasteiger charge is -2.12. The Balaban J connectivity index is 1.66. The van der Waals surface area contributed by atoms with Crippen LogP contribution in [-0.4, -0.2) is 30.1 Å². The molecule has 0 aliphatic carbocycles. The Morgan fingerprint density at radius 2 is 1.70 bits per heavy atom. The first kappa shape index (κ1) is 18.4. The van der Waals surface area contributed by atoms with E-state index < -0.39 is 0 Å². The van der Waals surface area contributed by atoms with Gasteiger partial charge in [0, 0.05) is 29.9 Å². The zero-order valence-electron chi connectivity index (χ0n) is 15.3. The number of hydrogen-bond donors (Lipinski definition) is 1. The van der Waals surface area contributed by atoms with Crippen LogP contribution in [0.15, 0.2) is 60.9 Å². The van der Waals surface area contributed by atoms with Crippen LogP contribution >= 0.6 is 0 Å². The number of aromatic nitrogens is 2. The second-order valence-corrected chi connectivity index (χ2v) is 5.87. The molecule has 0 saturated heterocycles. The average Bonchev–Trinajstić information content (AvgIpc) is 2.73. The van der Waals surface area contributed by atoms with Crippen LogP contribution in [0.3, 0.4) is 0 Å². The number of carbonyl (C=O) groups excluding carboxylic acids is 1. The van der Waals surface area contributed by atoms with Crippen molar-refractivity contribution in [3.63, 3.8) is 0 Å². The molecule has 2 aromatic carbocycles. The lowest BCUT2D eigenvalue weighted by Crippen LogP contribution is -2.14. The Morgan fingerprint density at radius 1 is 0.963 bits per heavy atom. The molecule has 3 rings (SSSR count). The van der Waals surface area contributed by atoms with E-state index in [0.717, 1.165) is 16.7 Å². The number of para-hydroxylation sites is 1. The lowest BCUT2D eigenvalue weighted by atomic mass is 10.1. The fraction of sp³-hybridized carbons (Fsp3) is 0.190. The summed E-state index contributed by atoms with van der Waals surface area (Å²) in [7, 11) is 3.18. The number of anilines is 1. The number of carbonyl (C=O) groups is 1. The zero-order valence-corrected chi connectivity index (χ0v) is 15.3. The molecular formula is C21H21N3O3. The second kappa shape index (κ2) is 8.80. The van der Waals surface area contributed by atoms with Gasteiger partial charge in [0.1, 0.15) is 0 Å². The van der Waals surface area contributed by atoms with Gasteiger partial charge in [-0.15, -0.1) is 0 Å². The smallest absolute Gasteiger partial charge is 0.229 e. The second-order valence-electron chi connectivity index (χ2n) is 5.87. The number of benzene rings is 2. The summed E-state index contributed by atoms with van der Waals surface area (Å²) in [4.78, 5) is 20.6. The lowest BCUT2D eigenvalue weighted by molar-refractivity contribution is -0.116. The third-order valence-corrected chi connectivity index (χ3v) is 4.10. The number of ether oxygens (including phenoxy) is 2. The highest BCUT2D eigenvalue weighted by Crippen LogP contribution is 2.37. The quantitative estimate of drug-likeness (QED) is 0.692. The molecule has 3 aromatic rings. The van der Waals surface area contributed by atoms with E-state index >= 15 is 0 Å². The summed E-state index contributed by atoms with van der Waals surface area (Å²) in [5.74, 6) is 1.40. The molecule has 0 unspecified atom stereocenters. The molecule has 1 amide bonds. The molecule has 1 aromatic heterocycles. The number of nitrogens with one attached hydrogen (secondary N) is 1. The van der Waals surface area contributed by atoms with Crippen molar-refractivity contribution < 1.29 is 14.3 Å². The minimum atomic E-state index is -0.120. The molecule has 1 heterocycles. The maximum atomic E-state index is 12.1. The van der Waals surface area contributed by atoms with Crippen LogP contribution < -0.4 is 14.8 Å². The Labute approximate surface area is 158 Å². The Kier molecular flexibility index (Phi) is 5.99. The van der Waals surface area contributed by atoms with Crippen LogP contribution in [0.5, 0.6) is 11.5 Å². The number of methoxy groups -OCH3 is 2. The van der Waals surface area contributed by atoms with E-state index in [1.807, 2.05) is 48.5 Å². The third kappa shape index (κ3) is 4.61. The molecule has 138 valence electrons. The largest absolute Gasteiger partial charge is 0.493 e. The standard InChI is InChI=1S/C21H21N3O3/c1-26-18-10-6-9-17(20(18)27-2)16-13-22-21(23-14-16)24-19(25)12-11-15-7-4-3-5-8-15/h3-10,13-14H,11-12H2,1-2H3,(H,22,23,24,25). The topological polar surface area (TPSA) is 73.3 Å². The van der Waals surface area contributed by atoms with Crippen LogP contribution in [0.1, 0.15) is 12.0 Å². The highest BCUT2D eigenvalue weighted by molar-refractivity contribution is 5.89. The monoisotopic (exact) mass is 363 g/mol. The highest BCUT2D eigenvalue weighted by atomic mass is 16.5. The summed E-state index contributed by atoms with van der Waals surface area (Å²) in [5.41, 5.74) is 2.71. The van der Waals surface area contributed by atoms with Gasteiger partial charge < -0.3 is 9.47 Å². The highest BCUT2D eigenvalue weighted by Gasteiger charge is 2.12. The maximum Gasteiger partial charge on any atom is 0.229 e. The van der Waals surface area contributed by atoms with Crippen molar-refractivity contribution >= 4 is 11.9 Å². The van der Waals surface area contributed by atoms with Gasteiger partial charge >= 0.3 is 0 Å². The number of aryl methyl sites for hydroxylation is 1. The van der Waals surface area contributed by atoms with Gasteiger partial charge in [0.25, 0.3) is 0 Å². The molecule has 0 atom stereocenters. The summed E-state index contributed by atoms with van der Waals surface area (Å²) in [6.07, 6.45) is 4.35. The van der Waals surface area contributed by atoms with Gasteiger partial charge in [-0.05, 0) is 18.1 Å². The van der Waals surface area contributed by atoms with Crippen molar-refractivity contribution in [2.45, 2.75) is 12.8 Å². The van der Waals surface area contributed by atoms with Crippen LogP contribution in [0.25, 0.3) is 11.1 Å². The van der Waals surface area contributed by atoms with E-state index in [0.29, 0.717) is 24.3 Å². The SMILES string of the molecule is COc1cccc(-c2cnc(NC(=O)CCc3ccccc3)nc2)c1OC. The minimum absolute atomic E-state index is 0.120. The van der Waals surface area contributed by atoms with Gasteiger partial charge in [0.15, 0.2) is 11.5 Å². The maximum absolute atomic E-state index is 12.1. The van der Waals surface area contributed by atoms with Crippen molar-refractivity contribution in [3.8, 4) is 22.6 Å². The van der Waals surface area contributed by atoms with E-state index in [4.69, 9.17) is 9.47 Å². The first-order chi connectivity index (χ1) is 13.2. The van der Waals surface area contributed by atoms with Crippen molar-refractivity contribution in [3.05, 3.63) is 66.5 Å². The van der Waals surface area contributed by atoms with Gasteiger partial charge in [0.2, 0.25) is 11.9 Å². The van der Waals surface area contributed by atoms with E-state index in [1.54, 1.807) is 26.6 Å². The zero-order chi connectivity index (χ0) is 19.1. The molecule has 0 fully saturated rings. The number of amides is 1. The first-order valence-corrected chi connectivity index (χ1v) is 8.58. The Hall–Kier alpha value is -3.41. The molecule has 6 nitrogen and oxygen atoms in total.